The Kier molecular flexibility index (Phi) is 11.0. The van der Waals surface area contributed by atoms with Crippen LogP contribution in [0.4, 0.5) is 10.5 Å². The van der Waals surface area contributed by atoms with Crippen LogP contribution in [-0.2, 0) is 23.1 Å². The fraction of sp³-hybridized carbons (Fsp3) is 0.375. The number of aliphatic hydroxyl groups excluding tert-OH is 2. The minimum atomic E-state index is -4.31. The van der Waals surface area contributed by atoms with Gasteiger partial charge in [0.15, 0.2) is 0 Å². The molecule has 12 heteroatoms. The molecule has 0 unspecified atom stereocenters. The first-order valence-electron chi connectivity index (χ1n) is 11.3. The van der Waals surface area contributed by atoms with Gasteiger partial charge in [0.05, 0.1) is 28.6 Å². The van der Waals surface area contributed by atoms with Crippen molar-refractivity contribution in [2.24, 2.45) is 0 Å². The Morgan fingerprint density at radius 3 is 2.47 bits per heavy atom. The molecule has 196 valence electrons. The highest BCUT2D eigenvalue weighted by Gasteiger charge is 2.32. The maximum atomic E-state index is 13.6. The largest absolute Gasteiger partial charge is 0.465 e. The van der Waals surface area contributed by atoms with E-state index in [1.165, 1.54) is 0 Å². The molecule has 4 N–H and O–H groups in total. The number of benzene rings is 2. The highest BCUT2D eigenvalue weighted by atomic mass is 32.2. The maximum Gasteiger partial charge on any atom is 0.404 e. The van der Waals surface area contributed by atoms with Crippen LogP contribution in [0.5, 0.6) is 0 Å². The molecule has 36 heavy (non-hydrogen) atoms. The van der Waals surface area contributed by atoms with E-state index in [-0.39, 0.29) is 29.1 Å². The Morgan fingerprint density at radius 1 is 1.19 bits per heavy atom. The molecule has 0 aliphatic carbocycles. The molecule has 1 amide bonds. The van der Waals surface area contributed by atoms with Crippen molar-refractivity contribution < 1.29 is 33.5 Å². The summed E-state index contributed by atoms with van der Waals surface area (Å²) in [4.78, 5) is 21.5. The van der Waals surface area contributed by atoms with Gasteiger partial charge in [-0.2, -0.15) is 4.31 Å². The van der Waals surface area contributed by atoms with Crippen LogP contribution in [-0.4, -0.2) is 64.3 Å². The maximum absolute atomic E-state index is 13.6. The van der Waals surface area contributed by atoms with Crippen LogP contribution in [0.25, 0.3) is 0 Å². The number of nitrogens with zero attached hydrogens (tertiary/aromatic N) is 2. The van der Waals surface area contributed by atoms with Crippen molar-refractivity contribution in [2.75, 3.05) is 13.1 Å². The van der Waals surface area contributed by atoms with Crippen LogP contribution >= 0.6 is 0 Å². The molecule has 0 saturated carbocycles. The van der Waals surface area contributed by atoms with E-state index >= 15 is 0 Å². The van der Waals surface area contributed by atoms with Crippen molar-refractivity contribution >= 4 is 21.8 Å². The van der Waals surface area contributed by atoms with Crippen molar-refractivity contribution in [3.05, 3.63) is 82.4 Å². The lowest BCUT2D eigenvalue weighted by molar-refractivity contribution is -0.385. The average Bonchev–Trinajstić information content (AvgIpc) is 2.85. The summed E-state index contributed by atoms with van der Waals surface area (Å²) >= 11 is 0. The molecule has 2 atom stereocenters. The smallest absolute Gasteiger partial charge is 0.404 e. The van der Waals surface area contributed by atoms with Crippen LogP contribution in [0.1, 0.15) is 30.4 Å². The molecule has 0 aromatic heterocycles. The van der Waals surface area contributed by atoms with Crippen LogP contribution in [0.2, 0.25) is 0 Å². The third-order valence-corrected chi connectivity index (χ3v) is 7.54. The van der Waals surface area contributed by atoms with E-state index in [1.54, 1.807) is 36.4 Å². The first-order valence-corrected chi connectivity index (χ1v) is 12.7. The summed E-state index contributed by atoms with van der Waals surface area (Å²) in [6.07, 6.45) is 0.736. The van der Waals surface area contributed by atoms with Gasteiger partial charge in [-0.25, -0.2) is 13.2 Å². The first kappa shape index (κ1) is 28.9. The van der Waals surface area contributed by atoms with Gasteiger partial charge in [-0.05, 0) is 37.3 Å². The Morgan fingerprint density at radius 2 is 1.89 bits per heavy atom. The van der Waals surface area contributed by atoms with E-state index < -0.39 is 46.3 Å². The molecule has 0 heterocycles. The zero-order valence-corrected chi connectivity index (χ0v) is 20.5. The number of carboxylic acid groups (broad SMARTS) is 1. The Hall–Kier alpha value is -3.32. The number of unbranched alkanes of at least 4 members (excludes halogenated alkanes) is 2. The van der Waals surface area contributed by atoms with Crippen LogP contribution in [0, 0.1) is 10.1 Å². The summed E-state index contributed by atoms with van der Waals surface area (Å²) in [7, 11) is -4.31. The molecule has 2 rings (SSSR count). The highest BCUT2D eigenvalue weighted by molar-refractivity contribution is 7.89. The minimum Gasteiger partial charge on any atom is -0.465 e. The molecular formula is C24H31N3O8S. The van der Waals surface area contributed by atoms with Crippen molar-refractivity contribution in [3.8, 4) is 0 Å². The summed E-state index contributed by atoms with van der Waals surface area (Å²) in [5, 5.41) is 43.3. The monoisotopic (exact) mass is 521 g/mol. The normalized spacial score (nSPS) is 13.2. The summed E-state index contributed by atoms with van der Waals surface area (Å²) < 4.78 is 28.2. The predicted octanol–water partition coefficient (Wildman–Crippen LogP) is 2.67. The van der Waals surface area contributed by atoms with Crippen molar-refractivity contribution in [3.63, 3.8) is 0 Å². The number of non-ortho nitro benzene ring substituents is 1. The number of allylic oxidation sites excluding steroid dienone is 1. The molecule has 2 aromatic carbocycles. The molecule has 11 nitrogen and oxygen atoms in total. The molecule has 0 bridgehead atoms. The lowest BCUT2D eigenvalue weighted by atomic mass is 10.0. The van der Waals surface area contributed by atoms with Gasteiger partial charge in [0, 0.05) is 30.8 Å². The Balaban J connectivity index is 2.38. The molecule has 0 aliphatic heterocycles. The number of nitro benzene ring substituents is 1. The number of hydrogen-bond donors (Lipinski definition) is 4. The van der Waals surface area contributed by atoms with Crippen molar-refractivity contribution in [2.45, 2.75) is 49.3 Å². The summed E-state index contributed by atoms with van der Waals surface area (Å²) in [5.74, 6) is 0. The van der Waals surface area contributed by atoms with Crippen molar-refractivity contribution in [1.29, 1.82) is 0 Å². The Labute approximate surface area is 209 Å². The molecule has 0 fully saturated rings. The fourth-order valence-electron chi connectivity index (χ4n) is 3.73. The minimum absolute atomic E-state index is 0.000216. The number of amides is 1. The summed E-state index contributed by atoms with van der Waals surface area (Å²) in [5.41, 5.74) is 0.219. The second kappa shape index (κ2) is 13.7. The first-order chi connectivity index (χ1) is 17.1. The third-order valence-electron chi connectivity index (χ3n) is 5.57. The lowest BCUT2D eigenvalue weighted by Crippen LogP contribution is -2.50. The molecule has 0 radical (unpaired) electrons. The van der Waals surface area contributed by atoms with E-state index in [4.69, 9.17) is 0 Å². The third kappa shape index (κ3) is 8.12. The number of sulfonamides is 1. The van der Waals surface area contributed by atoms with Gasteiger partial charge in [0.25, 0.3) is 5.69 Å². The Bertz CT molecular complexity index is 1140. The number of hydrogen-bond acceptors (Lipinski definition) is 7. The van der Waals surface area contributed by atoms with Gasteiger partial charge >= 0.3 is 6.09 Å². The molecular weight excluding hydrogens is 490 g/mol. The van der Waals surface area contributed by atoms with E-state index in [0.717, 1.165) is 28.1 Å². The standard InChI is InChI=1S/C24H31N3O8S/c1-2-3-4-8-13-26(36(34,35)23-12-11-20(27(32)33)15-19(23)17-28)16-22(29)21(25-24(30)31)14-18-9-6-5-7-10-18/h2,5-7,9-12,15,21-22,25,28-29H,1,3-4,8,13-14,16-17H2,(H,30,31)/t21-,22+/m0/s1. The predicted molar refractivity (Wildman–Crippen MR) is 133 cm³/mol. The fourth-order valence-corrected chi connectivity index (χ4v) is 5.42. The van der Waals surface area contributed by atoms with Gasteiger partial charge in [-0.1, -0.05) is 36.4 Å². The SMILES string of the molecule is C=CCCCCN(C[C@@H](O)[C@H](Cc1ccccc1)NC(=O)O)S(=O)(=O)c1ccc([N+](=O)[O-])cc1CO. The number of aliphatic hydroxyl groups is 2. The number of nitro groups is 1. The van der Waals surface area contributed by atoms with Gasteiger partial charge in [0.2, 0.25) is 10.0 Å². The van der Waals surface area contributed by atoms with Crippen LogP contribution in [0.3, 0.4) is 0 Å². The second-order valence-corrected chi connectivity index (χ2v) is 10.1. The topological polar surface area (TPSA) is 170 Å². The van der Waals surface area contributed by atoms with Gasteiger partial charge in [-0.15, -0.1) is 6.58 Å². The molecule has 2 aromatic rings. The second-order valence-electron chi connectivity index (χ2n) is 8.17. The van der Waals surface area contributed by atoms with Crippen LogP contribution < -0.4 is 5.32 Å². The summed E-state index contributed by atoms with van der Waals surface area (Å²) in [6, 6.07) is 10.9. The van der Waals surface area contributed by atoms with E-state index in [0.29, 0.717) is 19.3 Å². The zero-order chi connectivity index (χ0) is 26.7. The highest BCUT2D eigenvalue weighted by Crippen LogP contribution is 2.26. The quantitative estimate of drug-likeness (QED) is 0.120. The average molecular weight is 522 g/mol. The molecule has 0 aliphatic rings. The van der Waals surface area contributed by atoms with Gasteiger partial charge in [-0.3, -0.25) is 10.1 Å². The van der Waals surface area contributed by atoms with E-state index in [1.807, 2.05) is 0 Å². The number of rotatable bonds is 15. The van der Waals surface area contributed by atoms with Gasteiger partial charge < -0.3 is 20.6 Å². The number of nitrogens with one attached hydrogen (secondary N) is 1. The van der Waals surface area contributed by atoms with E-state index in [2.05, 4.69) is 11.9 Å². The van der Waals surface area contributed by atoms with E-state index in [9.17, 15) is 38.6 Å². The zero-order valence-electron chi connectivity index (χ0n) is 19.7. The number of carbonyl (C=O) groups is 1. The lowest BCUT2D eigenvalue weighted by Gasteiger charge is -2.29. The van der Waals surface area contributed by atoms with Gasteiger partial charge in [0.1, 0.15) is 0 Å². The van der Waals surface area contributed by atoms with Crippen LogP contribution in [0.15, 0.2) is 66.1 Å². The molecule has 0 spiro atoms. The van der Waals surface area contributed by atoms with Crippen molar-refractivity contribution in [1.82, 2.24) is 9.62 Å². The summed E-state index contributed by atoms with van der Waals surface area (Å²) in [6.45, 7) is 2.46. The molecule has 0 saturated heterocycles.